The van der Waals surface area contributed by atoms with Crippen molar-refractivity contribution < 1.29 is 17.9 Å². The first kappa shape index (κ1) is 21.6. The van der Waals surface area contributed by atoms with Crippen molar-refractivity contribution in [2.24, 2.45) is 0 Å². The molecule has 0 unspecified atom stereocenters. The fourth-order valence-corrected chi connectivity index (χ4v) is 4.98. The van der Waals surface area contributed by atoms with Crippen molar-refractivity contribution in [1.29, 1.82) is 0 Å². The third-order valence-corrected chi connectivity index (χ3v) is 7.40. The van der Waals surface area contributed by atoms with Gasteiger partial charge in [-0.1, -0.05) is 12.1 Å². The van der Waals surface area contributed by atoms with Crippen LogP contribution in [0.15, 0.2) is 53.0 Å². The van der Waals surface area contributed by atoms with Crippen LogP contribution in [0.1, 0.15) is 10.4 Å². The van der Waals surface area contributed by atoms with Crippen molar-refractivity contribution in [2.45, 2.75) is 0 Å². The number of ether oxygens (including phenoxy) is 1. The van der Waals surface area contributed by atoms with Gasteiger partial charge in [0.2, 0.25) is 10.0 Å². The predicted octanol–water partition coefficient (Wildman–Crippen LogP) is 2.34. The maximum atomic E-state index is 12.6. The van der Waals surface area contributed by atoms with E-state index in [2.05, 4.69) is 26.1 Å². The first-order valence-electron chi connectivity index (χ1n) is 9.30. The van der Waals surface area contributed by atoms with Gasteiger partial charge in [0.05, 0.1) is 18.4 Å². The summed E-state index contributed by atoms with van der Waals surface area (Å²) in [6, 6.07) is 14.8. The van der Waals surface area contributed by atoms with E-state index in [9.17, 15) is 13.2 Å². The quantitative estimate of drug-likeness (QED) is 0.656. The fraction of sp³-hybridized carbons (Fsp3) is 0.350. The van der Waals surface area contributed by atoms with Gasteiger partial charge in [0.1, 0.15) is 5.75 Å². The molecule has 3 rings (SSSR count). The summed E-state index contributed by atoms with van der Waals surface area (Å²) in [5.41, 5.74) is 1.53. The number of nitrogens with zero attached hydrogens (tertiary/aromatic N) is 2. The van der Waals surface area contributed by atoms with E-state index >= 15 is 0 Å². The lowest BCUT2D eigenvalue weighted by atomic mass is 10.2. The van der Waals surface area contributed by atoms with Crippen molar-refractivity contribution in [3.8, 4) is 5.75 Å². The molecule has 1 heterocycles. The molecule has 29 heavy (non-hydrogen) atoms. The van der Waals surface area contributed by atoms with E-state index in [0.29, 0.717) is 36.2 Å². The molecule has 1 fully saturated rings. The molecule has 0 radical (unpaired) electrons. The molecule has 0 atom stereocenters. The third kappa shape index (κ3) is 5.49. The molecule has 1 saturated heterocycles. The number of carbonyl (C=O) groups is 1. The smallest absolute Gasteiger partial charge is 0.252 e. The second-order valence-electron chi connectivity index (χ2n) is 6.64. The van der Waals surface area contributed by atoms with Crippen LogP contribution in [-0.2, 0) is 10.0 Å². The molecule has 1 amide bonds. The predicted molar refractivity (Wildman–Crippen MR) is 117 cm³/mol. The van der Waals surface area contributed by atoms with Crippen LogP contribution in [-0.4, -0.2) is 64.2 Å². The first-order valence-corrected chi connectivity index (χ1v) is 11.7. The topological polar surface area (TPSA) is 79.0 Å². The van der Waals surface area contributed by atoms with Gasteiger partial charge in [-0.15, -0.1) is 0 Å². The number of piperazine rings is 1. The van der Waals surface area contributed by atoms with E-state index < -0.39 is 10.0 Å². The van der Waals surface area contributed by atoms with Crippen LogP contribution in [0, 0.1) is 0 Å². The summed E-state index contributed by atoms with van der Waals surface area (Å²) >= 11 is 3.32. The second-order valence-corrected chi connectivity index (χ2v) is 9.58. The van der Waals surface area contributed by atoms with Crippen molar-refractivity contribution in [2.75, 3.05) is 50.5 Å². The van der Waals surface area contributed by atoms with Gasteiger partial charge >= 0.3 is 0 Å². The Balaban J connectivity index is 1.49. The van der Waals surface area contributed by atoms with Crippen LogP contribution < -0.4 is 15.0 Å². The molecule has 156 valence electrons. The number of nitrogens with one attached hydrogen (secondary N) is 1. The van der Waals surface area contributed by atoms with Crippen LogP contribution in [0.25, 0.3) is 0 Å². The number of rotatable bonds is 7. The highest BCUT2D eigenvalue weighted by Crippen LogP contribution is 2.21. The lowest BCUT2D eigenvalue weighted by molar-refractivity contribution is 0.0955. The molecule has 2 aromatic carbocycles. The summed E-state index contributed by atoms with van der Waals surface area (Å²) in [4.78, 5) is 14.4. The Morgan fingerprint density at radius 2 is 1.72 bits per heavy atom. The SMILES string of the molecule is COc1ccc(N2CCN(S(=O)(=O)CCNC(=O)c3ccccc3Br)CC2)cc1. The van der Waals surface area contributed by atoms with Crippen molar-refractivity contribution in [3.63, 3.8) is 0 Å². The van der Waals surface area contributed by atoms with Crippen molar-refractivity contribution in [1.82, 2.24) is 9.62 Å². The van der Waals surface area contributed by atoms with Gasteiger partial charge in [0.25, 0.3) is 5.91 Å². The van der Waals surface area contributed by atoms with Gasteiger partial charge in [-0.25, -0.2) is 8.42 Å². The molecule has 0 aliphatic carbocycles. The molecule has 2 aromatic rings. The number of halogens is 1. The highest BCUT2D eigenvalue weighted by molar-refractivity contribution is 9.10. The van der Waals surface area contributed by atoms with Gasteiger partial charge in [0, 0.05) is 42.9 Å². The Bertz CT molecular complexity index is 942. The Labute approximate surface area is 179 Å². The molecule has 9 heteroatoms. The summed E-state index contributed by atoms with van der Waals surface area (Å²) in [6.07, 6.45) is 0. The van der Waals surface area contributed by atoms with Gasteiger partial charge in [-0.2, -0.15) is 4.31 Å². The largest absolute Gasteiger partial charge is 0.497 e. The molecular formula is C20H24BrN3O4S. The standard InChI is InChI=1S/C20H24BrN3O4S/c1-28-17-8-6-16(7-9-17)23-11-13-24(14-12-23)29(26,27)15-10-22-20(25)18-4-2-3-5-19(18)21/h2-9H,10-15H2,1H3,(H,22,25). The van der Waals surface area contributed by atoms with E-state index in [-0.39, 0.29) is 18.2 Å². The van der Waals surface area contributed by atoms with Crippen LogP contribution >= 0.6 is 15.9 Å². The number of benzene rings is 2. The summed E-state index contributed by atoms with van der Waals surface area (Å²) in [5, 5.41) is 2.68. The normalized spacial score (nSPS) is 15.2. The monoisotopic (exact) mass is 481 g/mol. The van der Waals surface area contributed by atoms with Crippen LogP contribution in [0.5, 0.6) is 5.75 Å². The zero-order valence-electron chi connectivity index (χ0n) is 16.2. The van der Waals surface area contributed by atoms with Gasteiger partial charge < -0.3 is 15.0 Å². The summed E-state index contributed by atoms with van der Waals surface area (Å²) in [6.45, 7) is 2.16. The number of carbonyl (C=O) groups excluding carboxylic acids is 1. The fourth-order valence-electron chi connectivity index (χ4n) is 3.18. The molecule has 0 saturated carbocycles. The van der Waals surface area contributed by atoms with Crippen molar-refractivity contribution in [3.05, 3.63) is 58.6 Å². The van der Waals surface area contributed by atoms with Crippen molar-refractivity contribution >= 4 is 37.5 Å². The zero-order valence-corrected chi connectivity index (χ0v) is 18.6. The highest BCUT2D eigenvalue weighted by Gasteiger charge is 2.27. The molecule has 1 aliphatic heterocycles. The maximum absolute atomic E-state index is 12.6. The minimum absolute atomic E-state index is 0.0706. The molecular weight excluding hydrogens is 458 g/mol. The zero-order chi connectivity index (χ0) is 20.9. The van der Waals surface area contributed by atoms with Crippen LogP contribution in [0.2, 0.25) is 0 Å². The summed E-state index contributed by atoms with van der Waals surface area (Å²) < 4.78 is 32.6. The maximum Gasteiger partial charge on any atom is 0.252 e. The Morgan fingerprint density at radius 1 is 1.07 bits per heavy atom. The second kappa shape index (κ2) is 9.60. The number of sulfonamides is 1. The minimum Gasteiger partial charge on any atom is -0.497 e. The average Bonchev–Trinajstić information content (AvgIpc) is 2.74. The number of anilines is 1. The van der Waals surface area contributed by atoms with Crippen LogP contribution in [0.3, 0.4) is 0 Å². The molecule has 0 bridgehead atoms. The van der Waals surface area contributed by atoms with Gasteiger partial charge in [-0.05, 0) is 52.3 Å². The van der Waals surface area contributed by atoms with Gasteiger partial charge in [0.15, 0.2) is 0 Å². The Hall–Kier alpha value is -2.10. The first-order chi connectivity index (χ1) is 13.9. The number of amides is 1. The number of hydrogen-bond donors (Lipinski definition) is 1. The van der Waals surface area contributed by atoms with E-state index in [0.717, 1.165) is 11.4 Å². The number of methoxy groups -OCH3 is 1. The summed E-state index contributed by atoms with van der Waals surface area (Å²) in [5.74, 6) is 0.377. The minimum atomic E-state index is -3.43. The molecule has 0 aromatic heterocycles. The molecule has 1 N–H and O–H groups in total. The highest BCUT2D eigenvalue weighted by atomic mass is 79.9. The van der Waals surface area contributed by atoms with Crippen LogP contribution in [0.4, 0.5) is 5.69 Å². The lowest BCUT2D eigenvalue weighted by Crippen LogP contribution is -2.50. The van der Waals surface area contributed by atoms with E-state index in [1.807, 2.05) is 30.3 Å². The lowest BCUT2D eigenvalue weighted by Gasteiger charge is -2.35. The Morgan fingerprint density at radius 3 is 2.34 bits per heavy atom. The number of hydrogen-bond acceptors (Lipinski definition) is 5. The molecule has 1 aliphatic rings. The van der Waals surface area contributed by atoms with E-state index in [4.69, 9.17) is 4.74 Å². The Kier molecular flexibility index (Phi) is 7.15. The van der Waals surface area contributed by atoms with E-state index in [1.54, 1.807) is 25.3 Å². The molecule has 7 nitrogen and oxygen atoms in total. The summed E-state index contributed by atoms with van der Waals surface area (Å²) in [7, 11) is -1.80. The average molecular weight is 482 g/mol. The molecule has 0 spiro atoms. The third-order valence-electron chi connectivity index (χ3n) is 4.83. The van der Waals surface area contributed by atoms with Gasteiger partial charge in [-0.3, -0.25) is 4.79 Å². The van der Waals surface area contributed by atoms with E-state index in [1.165, 1.54) is 4.31 Å².